The molecular weight excluding hydrogens is 258 g/mol. The van der Waals surface area contributed by atoms with Gasteiger partial charge >= 0.3 is 5.97 Å². The van der Waals surface area contributed by atoms with E-state index in [1.165, 1.54) is 12.3 Å². The molecule has 0 aliphatic rings. The van der Waals surface area contributed by atoms with Crippen LogP contribution >= 0.6 is 0 Å². The van der Waals surface area contributed by atoms with Crippen LogP contribution < -0.4 is 5.32 Å². The Bertz CT molecular complexity index is 614. The number of nitrogens with zero attached hydrogens (tertiary/aromatic N) is 2. The molecule has 2 aromatic rings. The van der Waals surface area contributed by atoms with Gasteiger partial charge in [-0.3, -0.25) is 9.78 Å². The first kappa shape index (κ1) is 13.7. The van der Waals surface area contributed by atoms with Gasteiger partial charge < -0.3 is 10.4 Å². The minimum absolute atomic E-state index is 0.104. The molecule has 2 rings (SSSR count). The van der Waals surface area contributed by atoms with Gasteiger partial charge in [0, 0.05) is 30.2 Å². The van der Waals surface area contributed by atoms with Gasteiger partial charge in [-0.1, -0.05) is 6.07 Å². The summed E-state index contributed by atoms with van der Waals surface area (Å²) in [4.78, 5) is 30.3. The number of carbonyl (C=O) groups excluding carboxylic acids is 1. The molecule has 0 spiro atoms. The van der Waals surface area contributed by atoms with Crippen LogP contribution in [0.2, 0.25) is 0 Å². The summed E-state index contributed by atoms with van der Waals surface area (Å²) < 4.78 is 0. The van der Waals surface area contributed by atoms with E-state index >= 15 is 0 Å². The Balaban J connectivity index is 1.91. The van der Waals surface area contributed by atoms with Crippen molar-refractivity contribution in [3.63, 3.8) is 0 Å². The van der Waals surface area contributed by atoms with Crippen LogP contribution in [0, 0.1) is 0 Å². The third-order valence-electron chi connectivity index (χ3n) is 2.60. The fourth-order valence-corrected chi connectivity index (χ4v) is 1.64. The number of aryl methyl sites for hydroxylation is 1. The quantitative estimate of drug-likeness (QED) is 0.864. The Morgan fingerprint density at radius 1 is 1.15 bits per heavy atom. The number of carbonyl (C=O) groups is 2. The van der Waals surface area contributed by atoms with Gasteiger partial charge in [-0.15, -0.1) is 0 Å². The van der Waals surface area contributed by atoms with Crippen molar-refractivity contribution in [2.24, 2.45) is 0 Å². The lowest BCUT2D eigenvalue weighted by Gasteiger charge is -2.05. The molecule has 2 aromatic heterocycles. The molecule has 6 nitrogen and oxygen atoms in total. The van der Waals surface area contributed by atoms with E-state index in [9.17, 15) is 9.59 Å². The maximum Gasteiger partial charge on any atom is 0.354 e. The second-order valence-electron chi connectivity index (χ2n) is 4.10. The van der Waals surface area contributed by atoms with Crippen LogP contribution in [-0.2, 0) is 11.2 Å². The second kappa shape index (κ2) is 6.42. The molecule has 0 bridgehead atoms. The van der Waals surface area contributed by atoms with Gasteiger partial charge in [0.1, 0.15) is 5.69 Å². The minimum Gasteiger partial charge on any atom is -0.477 e. The van der Waals surface area contributed by atoms with Crippen molar-refractivity contribution in [2.45, 2.75) is 12.8 Å². The fourth-order valence-electron chi connectivity index (χ4n) is 1.64. The molecular formula is C14H13N3O3. The Hall–Kier alpha value is -2.76. The number of carboxylic acids is 1. The summed E-state index contributed by atoms with van der Waals surface area (Å²) >= 11 is 0. The van der Waals surface area contributed by atoms with E-state index in [4.69, 9.17) is 5.11 Å². The molecule has 0 aromatic carbocycles. The first-order chi connectivity index (χ1) is 9.65. The standard InChI is InChI=1S/C14H13N3O3/c18-13(5-4-10-3-1-2-7-15-10)17-11-6-8-16-12(9-11)14(19)20/h1-3,6-9H,4-5H2,(H,19,20)(H,16,17,18). The van der Waals surface area contributed by atoms with Gasteiger partial charge in [0.2, 0.25) is 5.91 Å². The van der Waals surface area contributed by atoms with Gasteiger partial charge in [0.15, 0.2) is 0 Å². The molecule has 2 N–H and O–H groups in total. The average Bonchev–Trinajstić information content (AvgIpc) is 2.46. The number of anilines is 1. The highest BCUT2D eigenvalue weighted by Gasteiger charge is 2.07. The maximum absolute atomic E-state index is 11.8. The van der Waals surface area contributed by atoms with Crippen molar-refractivity contribution in [2.75, 3.05) is 5.32 Å². The average molecular weight is 271 g/mol. The second-order valence-corrected chi connectivity index (χ2v) is 4.10. The molecule has 2 heterocycles. The zero-order chi connectivity index (χ0) is 14.4. The summed E-state index contributed by atoms with van der Waals surface area (Å²) in [6, 6.07) is 8.39. The predicted molar refractivity (Wildman–Crippen MR) is 72.4 cm³/mol. The van der Waals surface area contributed by atoms with Crippen LogP contribution in [0.5, 0.6) is 0 Å². The van der Waals surface area contributed by atoms with Gasteiger partial charge in [-0.25, -0.2) is 9.78 Å². The summed E-state index contributed by atoms with van der Waals surface area (Å²) in [5, 5.41) is 11.4. The molecule has 0 fully saturated rings. The highest BCUT2D eigenvalue weighted by atomic mass is 16.4. The summed E-state index contributed by atoms with van der Waals surface area (Å²) in [5.74, 6) is -1.33. The van der Waals surface area contributed by atoms with Crippen LogP contribution in [0.1, 0.15) is 22.6 Å². The lowest BCUT2D eigenvalue weighted by atomic mass is 10.2. The Kier molecular flexibility index (Phi) is 4.39. The van der Waals surface area contributed by atoms with Crippen LogP contribution in [0.3, 0.4) is 0 Å². The molecule has 0 unspecified atom stereocenters. The SMILES string of the molecule is O=C(CCc1ccccn1)Nc1ccnc(C(=O)O)c1. The number of hydrogen-bond acceptors (Lipinski definition) is 4. The van der Waals surface area contributed by atoms with Crippen molar-refractivity contribution in [3.05, 3.63) is 54.1 Å². The van der Waals surface area contributed by atoms with Crippen molar-refractivity contribution >= 4 is 17.6 Å². The molecule has 0 aliphatic carbocycles. The summed E-state index contributed by atoms with van der Waals surface area (Å²) in [6.07, 6.45) is 3.83. The lowest BCUT2D eigenvalue weighted by molar-refractivity contribution is -0.116. The van der Waals surface area contributed by atoms with E-state index < -0.39 is 5.97 Å². The largest absolute Gasteiger partial charge is 0.477 e. The third kappa shape index (κ3) is 3.88. The van der Waals surface area contributed by atoms with Crippen LogP contribution in [-0.4, -0.2) is 27.0 Å². The summed E-state index contributed by atoms with van der Waals surface area (Å²) in [7, 11) is 0. The molecule has 102 valence electrons. The zero-order valence-electron chi connectivity index (χ0n) is 10.6. The van der Waals surface area contributed by atoms with Gasteiger partial charge in [-0.2, -0.15) is 0 Å². The molecule has 0 saturated carbocycles. The number of carboxylic acid groups (broad SMARTS) is 1. The van der Waals surface area contributed by atoms with Gasteiger partial charge in [0.25, 0.3) is 0 Å². The number of pyridine rings is 2. The van der Waals surface area contributed by atoms with Crippen molar-refractivity contribution in [3.8, 4) is 0 Å². The molecule has 20 heavy (non-hydrogen) atoms. The van der Waals surface area contributed by atoms with Crippen LogP contribution in [0.15, 0.2) is 42.7 Å². The molecule has 0 atom stereocenters. The fraction of sp³-hybridized carbons (Fsp3) is 0.143. The van der Waals surface area contributed by atoms with E-state index in [1.54, 1.807) is 12.3 Å². The Morgan fingerprint density at radius 2 is 2.00 bits per heavy atom. The minimum atomic E-state index is -1.13. The molecule has 0 saturated heterocycles. The first-order valence-corrected chi connectivity index (χ1v) is 6.04. The topological polar surface area (TPSA) is 92.2 Å². The van der Waals surface area contributed by atoms with Crippen molar-refractivity contribution in [1.82, 2.24) is 9.97 Å². The van der Waals surface area contributed by atoms with E-state index in [2.05, 4.69) is 15.3 Å². The van der Waals surface area contributed by atoms with E-state index in [0.29, 0.717) is 12.1 Å². The number of amides is 1. The van der Waals surface area contributed by atoms with Crippen LogP contribution in [0.25, 0.3) is 0 Å². The summed E-state index contributed by atoms with van der Waals surface area (Å²) in [6.45, 7) is 0. The number of nitrogens with one attached hydrogen (secondary N) is 1. The van der Waals surface area contributed by atoms with E-state index in [-0.39, 0.29) is 18.0 Å². The summed E-state index contributed by atoms with van der Waals surface area (Å²) in [5.41, 5.74) is 1.15. The van der Waals surface area contributed by atoms with Gasteiger partial charge in [0.05, 0.1) is 0 Å². The van der Waals surface area contributed by atoms with E-state index in [0.717, 1.165) is 5.69 Å². The van der Waals surface area contributed by atoms with Crippen LogP contribution in [0.4, 0.5) is 5.69 Å². The predicted octanol–water partition coefficient (Wildman–Crippen LogP) is 1.75. The van der Waals surface area contributed by atoms with Crippen molar-refractivity contribution in [1.29, 1.82) is 0 Å². The third-order valence-corrected chi connectivity index (χ3v) is 2.60. The monoisotopic (exact) mass is 271 g/mol. The first-order valence-electron chi connectivity index (χ1n) is 6.04. The number of aromatic carboxylic acids is 1. The molecule has 1 amide bonds. The molecule has 0 radical (unpaired) electrons. The Labute approximate surface area is 115 Å². The van der Waals surface area contributed by atoms with Gasteiger partial charge in [-0.05, 0) is 30.7 Å². The smallest absolute Gasteiger partial charge is 0.354 e. The van der Waals surface area contributed by atoms with E-state index in [1.807, 2.05) is 18.2 Å². The highest BCUT2D eigenvalue weighted by Crippen LogP contribution is 2.09. The molecule has 0 aliphatic heterocycles. The number of aromatic nitrogens is 2. The number of hydrogen-bond donors (Lipinski definition) is 2. The molecule has 6 heteroatoms. The number of rotatable bonds is 5. The Morgan fingerprint density at radius 3 is 2.70 bits per heavy atom. The highest BCUT2D eigenvalue weighted by molar-refractivity contribution is 5.92. The zero-order valence-corrected chi connectivity index (χ0v) is 10.6. The maximum atomic E-state index is 11.8. The normalized spacial score (nSPS) is 10.0. The lowest BCUT2D eigenvalue weighted by Crippen LogP contribution is -2.13. The van der Waals surface area contributed by atoms with Crippen molar-refractivity contribution < 1.29 is 14.7 Å².